The maximum Gasteiger partial charge on any atom is 0.293 e. The number of nitrogens with zero attached hydrogens (tertiary/aromatic N) is 1. The first-order valence-electron chi connectivity index (χ1n) is 9.49. The van der Waals surface area contributed by atoms with Crippen molar-refractivity contribution >= 4 is 34.9 Å². The van der Waals surface area contributed by atoms with Crippen molar-refractivity contribution in [3.63, 3.8) is 0 Å². The van der Waals surface area contributed by atoms with Crippen molar-refractivity contribution < 1.29 is 14.4 Å². The lowest BCUT2D eigenvalue weighted by Crippen LogP contribution is -2.38. The van der Waals surface area contributed by atoms with Gasteiger partial charge in [0.25, 0.3) is 11.1 Å². The van der Waals surface area contributed by atoms with E-state index in [0.717, 1.165) is 22.9 Å². The Kier molecular flexibility index (Phi) is 6.54. The summed E-state index contributed by atoms with van der Waals surface area (Å²) in [4.78, 5) is 38.6. The van der Waals surface area contributed by atoms with Gasteiger partial charge in [0, 0.05) is 19.5 Å². The molecule has 1 aliphatic heterocycles. The van der Waals surface area contributed by atoms with Crippen LogP contribution in [0.25, 0.3) is 6.08 Å². The summed E-state index contributed by atoms with van der Waals surface area (Å²) in [5.74, 6) is -0.423. The van der Waals surface area contributed by atoms with Gasteiger partial charge in [0.2, 0.25) is 5.91 Å². The van der Waals surface area contributed by atoms with Crippen LogP contribution in [0, 0.1) is 0 Å². The van der Waals surface area contributed by atoms with Gasteiger partial charge in [-0.05, 0) is 34.4 Å². The molecule has 1 N–H and O–H groups in total. The standard InChI is InChI=1S/C23H24N2O3S/c1-23(2,18-11-7-4-8-12-18)16-20(26)24-13-14-25-21(27)19(29-22(25)28)15-17-9-5-3-6-10-17/h3-12,15H,13-14,16H2,1-2H3,(H,24,26)/b19-15+. The van der Waals surface area contributed by atoms with Gasteiger partial charge < -0.3 is 5.32 Å². The van der Waals surface area contributed by atoms with Crippen molar-refractivity contribution in [3.8, 4) is 0 Å². The lowest BCUT2D eigenvalue weighted by Gasteiger charge is -2.24. The van der Waals surface area contributed by atoms with E-state index in [2.05, 4.69) is 5.32 Å². The number of nitrogens with one attached hydrogen (secondary N) is 1. The zero-order valence-corrected chi connectivity index (χ0v) is 17.4. The zero-order valence-electron chi connectivity index (χ0n) is 16.6. The molecular weight excluding hydrogens is 384 g/mol. The zero-order chi connectivity index (χ0) is 20.9. The van der Waals surface area contributed by atoms with Crippen LogP contribution in [0.5, 0.6) is 0 Å². The molecule has 0 radical (unpaired) electrons. The Morgan fingerprint density at radius 2 is 1.66 bits per heavy atom. The molecule has 1 aliphatic rings. The lowest BCUT2D eigenvalue weighted by atomic mass is 9.81. The predicted molar refractivity (Wildman–Crippen MR) is 116 cm³/mol. The summed E-state index contributed by atoms with van der Waals surface area (Å²) in [6, 6.07) is 19.3. The van der Waals surface area contributed by atoms with Crippen LogP contribution in [-0.2, 0) is 15.0 Å². The van der Waals surface area contributed by atoms with Crippen LogP contribution in [0.3, 0.4) is 0 Å². The number of hydrogen-bond donors (Lipinski definition) is 1. The van der Waals surface area contributed by atoms with E-state index in [1.165, 1.54) is 4.90 Å². The van der Waals surface area contributed by atoms with Crippen LogP contribution in [0.4, 0.5) is 4.79 Å². The molecule has 3 rings (SSSR count). The average molecular weight is 409 g/mol. The molecule has 3 amide bonds. The third-order valence-electron chi connectivity index (χ3n) is 4.79. The highest BCUT2D eigenvalue weighted by atomic mass is 32.2. The van der Waals surface area contributed by atoms with E-state index >= 15 is 0 Å². The highest BCUT2D eigenvalue weighted by Gasteiger charge is 2.34. The van der Waals surface area contributed by atoms with Crippen LogP contribution >= 0.6 is 11.8 Å². The average Bonchev–Trinajstić information content (AvgIpc) is 2.96. The molecule has 0 spiro atoms. The molecule has 0 aromatic heterocycles. The summed E-state index contributed by atoms with van der Waals surface area (Å²) in [6.07, 6.45) is 2.04. The van der Waals surface area contributed by atoms with Gasteiger partial charge in [0.15, 0.2) is 0 Å². The van der Waals surface area contributed by atoms with E-state index in [1.807, 2.05) is 74.5 Å². The topological polar surface area (TPSA) is 66.5 Å². The van der Waals surface area contributed by atoms with Gasteiger partial charge >= 0.3 is 0 Å². The Hall–Kier alpha value is -2.86. The van der Waals surface area contributed by atoms with Crippen molar-refractivity contribution in [2.45, 2.75) is 25.7 Å². The molecule has 0 bridgehead atoms. The van der Waals surface area contributed by atoms with E-state index < -0.39 is 0 Å². The van der Waals surface area contributed by atoms with Crippen LogP contribution in [0.1, 0.15) is 31.4 Å². The van der Waals surface area contributed by atoms with Gasteiger partial charge in [-0.3, -0.25) is 19.3 Å². The minimum Gasteiger partial charge on any atom is -0.354 e. The second-order valence-electron chi connectivity index (χ2n) is 7.52. The molecule has 1 heterocycles. The summed E-state index contributed by atoms with van der Waals surface area (Å²) in [5, 5.41) is 2.52. The first-order chi connectivity index (χ1) is 13.9. The quantitative estimate of drug-likeness (QED) is 0.697. The van der Waals surface area contributed by atoms with E-state index in [9.17, 15) is 14.4 Å². The summed E-state index contributed by atoms with van der Waals surface area (Å²) < 4.78 is 0. The predicted octanol–water partition coefficient (Wildman–Crippen LogP) is 4.21. The SMILES string of the molecule is CC(C)(CC(=O)NCCN1C(=O)S/C(=C/c2ccccc2)C1=O)c1ccccc1. The fraction of sp³-hybridized carbons (Fsp3) is 0.261. The molecule has 5 nitrogen and oxygen atoms in total. The minimum atomic E-state index is -0.317. The van der Waals surface area contributed by atoms with Gasteiger partial charge in [-0.15, -0.1) is 0 Å². The third kappa shape index (κ3) is 5.35. The molecule has 0 unspecified atom stereocenters. The normalized spacial score (nSPS) is 15.8. The number of imide groups is 1. The molecule has 1 fully saturated rings. The van der Waals surface area contributed by atoms with Crippen molar-refractivity contribution in [3.05, 3.63) is 76.7 Å². The number of carbonyl (C=O) groups is 3. The summed E-state index contributed by atoms with van der Waals surface area (Å²) >= 11 is 0.929. The number of carbonyl (C=O) groups excluding carboxylic acids is 3. The van der Waals surface area contributed by atoms with Gasteiger partial charge in [0.1, 0.15) is 0 Å². The maximum absolute atomic E-state index is 12.5. The molecule has 2 aromatic rings. The number of amides is 3. The molecule has 6 heteroatoms. The van der Waals surface area contributed by atoms with Gasteiger partial charge in [0.05, 0.1) is 4.91 Å². The van der Waals surface area contributed by atoms with Crippen LogP contribution < -0.4 is 5.32 Å². The largest absolute Gasteiger partial charge is 0.354 e. The molecule has 1 saturated heterocycles. The van der Waals surface area contributed by atoms with Crippen LogP contribution in [0.2, 0.25) is 0 Å². The Balaban J connectivity index is 1.52. The van der Waals surface area contributed by atoms with E-state index in [0.29, 0.717) is 11.3 Å². The van der Waals surface area contributed by atoms with Crippen LogP contribution in [-0.4, -0.2) is 35.0 Å². The van der Waals surface area contributed by atoms with Crippen molar-refractivity contribution in [1.82, 2.24) is 10.2 Å². The molecule has 29 heavy (non-hydrogen) atoms. The number of rotatable bonds is 7. The summed E-state index contributed by atoms with van der Waals surface area (Å²) in [6.45, 7) is 4.44. The molecule has 0 atom stereocenters. The van der Waals surface area contributed by atoms with Gasteiger partial charge in [-0.1, -0.05) is 74.5 Å². The lowest BCUT2D eigenvalue weighted by molar-refractivity contribution is -0.124. The Morgan fingerprint density at radius 3 is 2.31 bits per heavy atom. The monoisotopic (exact) mass is 408 g/mol. The van der Waals surface area contributed by atoms with E-state index in [1.54, 1.807) is 6.08 Å². The molecular formula is C23H24N2O3S. The summed E-state index contributed by atoms with van der Waals surface area (Å²) in [7, 11) is 0. The van der Waals surface area contributed by atoms with Crippen LogP contribution in [0.15, 0.2) is 65.6 Å². The number of hydrogen-bond acceptors (Lipinski definition) is 4. The van der Waals surface area contributed by atoms with Crippen molar-refractivity contribution in [2.24, 2.45) is 0 Å². The van der Waals surface area contributed by atoms with E-state index in [4.69, 9.17) is 0 Å². The number of benzene rings is 2. The molecule has 2 aromatic carbocycles. The first-order valence-corrected chi connectivity index (χ1v) is 10.3. The highest BCUT2D eigenvalue weighted by Crippen LogP contribution is 2.32. The fourth-order valence-corrected chi connectivity index (χ4v) is 4.02. The second-order valence-corrected chi connectivity index (χ2v) is 8.51. The molecule has 0 aliphatic carbocycles. The minimum absolute atomic E-state index is 0.106. The Labute approximate surface area is 175 Å². The molecule has 0 saturated carbocycles. The van der Waals surface area contributed by atoms with E-state index in [-0.39, 0.29) is 35.6 Å². The third-order valence-corrected chi connectivity index (χ3v) is 5.69. The van der Waals surface area contributed by atoms with Crippen molar-refractivity contribution in [2.75, 3.05) is 13.1 Å². The highest BCUT2D eigenvalue weighted by molar-refractivity contribution is 8.18. The Morgan fingerprint density at radius 1 is 1.03 bits per heavy atom. The smallest absolute Gasteiger partial charge is 0.293 e. The fourth-order valence-electron chi connectivity index (χ4n) is 3.16. The first kappa shape index (κ1) is 20.9. The van der Waals surface area contributed by atoms with Gasteiger partial charge in [-0.25, -0.2) is 0 Å². The molecule has 150 valence electrons. The number of thioether (sulfide) groups is 1. The summed E-state index contributed by atoms with van der Waals surface area (Å²) in [5.41, 5.74) is 1.66. The van der Waals surface area contributed by atoms with Gasteiger partial charge in [-0.2, -0.15) is 0 Å². The second kappa shape index (κ2) is 9.09. The Bertz CT molecular complexity index is 924. The maximum atomic E-state index is 12.5. The van der Waals surface area contributed by atoms with Crippen molar-refractivity contribution in [1.29, 1.82) is 0 Å².